The predicted octanol–water partition coefficient (Wildman–Crippen LogP) is 3.47. The van der Waals surface area contributed by atoms with Crippen LogP contribution in [-0.4, -0.2) is 72.2 Å². The summed E-state index contributed by atoms with van der Waals surface area (Å²) < 4.78 is 18.9. The highest BCUT2D eigenvalue weighted by Crippen LogP contribution is 2.25. The summed E-state index contributed by atoms with van der Waals surface area (Å²) in [6, 6.07) is 15.3. The van der Waals surface area contributed by atoms with Gasteiger partial charge in [0.05, 0.1) is 26.9 Å². The molecular formula is C27H33N3O5. The van der Waals surface area contributed by atoms with Crippen LogP contribution in [0.2, 0.25) is 0 Å². The van der Waals surface area contributed by atoms with Crippen LogP contribution in [0.3, 0.4) is 0 Å². The average molecular weight is 480 g/mol. The van der Waals surface area contributed by atoms with Crippen molar-refractivity contribution in [3.05, 3.63) is 59.8 Å². The van der Waals surface area contributed by atoms with E-state index in [0.717, 1.165) is 16.5 Å². The van der Waals surface area contributed by atoms with Crippen molar-refractivity contribution in [1.29, 1.82) is 0 Å². The lowest BCUT2D eigenvalue weighted by atomic mass is 10.2. The Labute approximate surface area is 206 Å². The Morgan fingerprint density at radius 1 is 1.03 bits per heavy atom. The standard InChI is InChI=1S/C27H33N3O5/c1-18(2)30-15-23(35-17-19-10-21(33-4)13-22(11-19)34-5)14-29(16-26(30)31)27(32)25-12-20-8-6-7-9-24(20)28(25)3/h6-13,18,23H,14-17H2,1-5H3. The van der Waals surface area contributed by atoms with Gasteiger partial charge in [-0.25, -0.2) is 0 Å². The van der Waals surface area contributed by atoms with Crippen LogP contribution in [0.1, 0.15) is 29.9 Å². The summed E-state index contributed by atoms with van der Waals surface area (Å²) in [5, 5.41) is 0.989. The Kier molecular flexibility index (Phi) is 7.31. The molecule has 1 unspecified atom stereocenters. The van der Waals surface area contributed by atoms with E-state index in [1.165, 1.54) is 0 Å². The number of nitrogens with zero attached hydrogens (tertiary/aromatic N) is 3. The lowest BCUT2D eigenvalue weighted by molar-refractivity contribution is -0.133. The second-order valence-corrected chi connectivity index (χ2v) is 9.13. The number of amides is 2. The quantitative estimate of drug-likeness (QED) is 0.519. The zero-order chi connectivity index (χ0) is 25.1. The van der Waals surface area contributed by atoms with Crippen molar-refractivity contribution in [3.8, 4) is 11.5 Å². The molecule has 186 valence electrons. The first kappa shape index (κ1) is 24.6. The minimum atomic E-state index is -0.348. The van der Waals surface area contributed by atoms with Crippen LogP contribution in [-0.2, 0) is 23.2 Å². The fourth-order valence-electron chi connectivity index (χ4n) is 4.52. The van der Waals surface area contributed by atoms with Crippen molar-refractivity contribution < 1.29 is 23.8 Å². The van der Waals surface area contributed by atoms with E-state index in [4.69, 9.17) is 14.2 Å². The van der Waals surface area contributed by atoms with Gasteiger partial charge in [0.25, 0.3) is 5.91 Å². The van der Waals surface area contributed by atoms with Gasteiger partial charge in [0.1, 0.15) is 23.7 Å². The number of hydrogen-bond acceptors (Lipinski definition) is 5. The molecule has 1 aliphatic rings. The van der Waals surface area contributed by atoms with Crippen LogP contribution in [0, 0.1) is 0 Å². The molecule has 3 aromatic rings. The number of ether oxygens (including phenoxy) is 3. The van der Waals surface area contributed by atoms with Crippen molar-refractivity contribution >= 4 is 22.7 Å². The van der Waals surface area contributed by atoms with Crippen molar-refractivity contribution in [2.24, 2.45) is 7.05 Å². The maximum absolute atomic E-state index is 13.6. The number of hydrogen-bond donors (Lipinski definition) is 0. The van der Waals surface area contributed by atoms with Crippen LogP contribution in [0.4, 0.5) is 0 Å². The highest BCUT2D eigenvalue weighted by atomic mass is 16.5. The lowest BCUT2D eigenvalue weighted by Gasteiger charge is -2.27. The minimum Gasteiger partial charge on any atom is -0.497 e. The molecule has 2 amide bonds. The molecule has 1 fully saturated rings. The molecule has 0 N–H and O–H groups in total. The van der Waals surface area contributed by atoms with Crippen LogP contribution in [0.5, 0.6) is 11.5 Å². The van der Waals surface area contributed by atoms with Gasteiger partial charge in [-0.1, -0.05) is 18.2 Å². The second-order valence-electron chi connectivity index (χ2n) is 9.13. The van der Waals surface area contributed by atoms with Crippen LogP contribution >= 0.6 is 0 Å². The monoisotopic (exact) mass is 479 g/mol. The molecule has 1 saturated heterocycles. The summed E-state index contributed by atoms with van der Waals surface area (Å²) >= 11 is 0. The SMILES string of the molecule is COc1cc(COC2CN(C(=O)c3cc4ccccc4n3C)CC(=O)N(C(C)C)C2)cc(OC)c1. The summed E-state index contributed by atoms with van der Waals surface area (Å²) in [4.78, 5) is 30.1. The summed E-state index contributed by atoms with van der Waals surface area (Å²) in [5.74, 6) is 1.09. The van der Waals surface area contributed by atoms with Gasteiger partial charge in [0.15, 0.2) is 0 Å². The Morgan fingerprint density at radius 2 is 1.71 bits per heavy atom. The average Bonchev–Trinajstić information content (AvgIpc) is 3.09. The number of benzene rings is 2. The molecule has 0 bridgehead atoms. The molecule has 2 aromatic carbocycles. The first-order chi connectivity index (χ1) is 16.8. The zero-order valence-electron chi connectivity index (χ0n) is 21.0. The fraction of sp³-hybridized carbons (Fsp3) is 0.407. The normalized spacial score (nSPS) is 16.6. The number of carbonyl (C=O) groups excluding carboxylic acids is 2. The topological polar surface area (TPSA) is 73.2 Å². The predicted molar refractivity (Wildman–Crippen MR) is 134 cm³/mol. The van der Waals surface area contributed by atoms with E-state index in [9.17, 15) is 9.59 Å². The summed E-state index contributed by atoms with van der Waals surface area (Å²) in [6.07, 6.45) is -0.348. The third-order valence-corrected chi connectivity index (χ3v) is 6.45. The van der Waals surface area contributed by atoms with Crippen LogP contribution in [0.25, 0.3) is 10.9 Å². The van der Waals surface area contributed by atoms with Crippen LogP contribution in [0.15, 0.2) is 48.5 Å². The highest BCUT2D eigenvalue weighted by molar-refractivity contribution is 6.00. The first-order valence-corrected chi connectivity index (χ1v) is 11.8. The third kappa shape index (κ3) is 5.27. The van der Waals surface area contributed by atoms with Gasteiger partial charge in [-0.15, -0.1) is 0 Å². The van der Waals surface area contributed by atoms with E-state index in [1.54, 1.807) is 30.1 Å². The molecule has 2 heterocycles. The van der Waals surface area contributed by atoms with Gasteiger partial charge >= 0.3 is 0 Å². The molecule has 1 aliphatic heterocycles. The van der Waals surface area contributed by atoms with E-state index < -0.39 is 0 Å². The number of aryl methyl sites for hydroxylation is 1. The minimum absolute atomic E-state index is 0.00168. The van der Waals surface area contributed by atoms with E-state index in [-0.39, 0.29) is 30.5 Å². The molecule has 1 aromatic heterocycles. The molecule has 0 saturated carbocycles. The number of carbonyl (C=O) groups is 2. The molecule has 8 nitrogen and oxygen atoms in total. The van der Waals surface area contributed by atoms with E-state index >= 15 is 0 Å². The largest absolute Gasteiger partial charge is 0.497 e. The van der Waals surface area contributed by atoms with E-state index in [2.05, 4.69) is 0 Å². The van der Waals surface area contributed by atoms with Crippen LogP contribution < -0.4 is 9.47 Å². The van der Waals surface area contributed by atoms with Gasteiger partial charge in [0, 0.05) is 43.1 Å². The van der Waals surface area contributed by atoms with Crippen molar-refractivity contribution in [3.63, 3.8) is 0 Å². The Morgan fingerprint density at radius 3 is 2.34 bits per heavy atom. The maximum atomic E-state index is 13.6. The second kappa shape index (κ2) is 10.4. The molecule has 0 radical (unpaired) electrons. The van der Waals surface area contributed by atoms with E-state index in [1.807, 2.05) is 67.9 Å². The fourth-order valence-corrected chi connectivity index (χ4v) is 4.52. The number of aromatic nitrogens is 1. The zero-order valence-corrected chi connectivity index (χ0v) is 21.0. The van der Waals surface area contributed by atoms with Crippen molar-refractivity contribution in [2.45, 2.75) is 32.6 Å². The molecular weight excluding hydrogens is 446 g/mol. The van der Waals surface area contributed by atoms with Gasteiger partial charge < -0.3 is 28.6 Å². The maximum Gasteiger partial charge on any atom is 0.271 e. The molecule has 0 aliphatic carbocycles. The third-order valence-electron chi connectivity index (χ3n) is 6.45. The Bertz CT molecular complexity index is 1200. The Hall–Kier alpha value is -3.52. The molecule has 0 spiro atoms. The summed E-state index contributed by atoms with van der Waals surface area (Å²) in [6.45, 7) is 5.00. The van der Waals surface area contributed by atoms with Gasteiger partial charge in [-0.05, 0) is 43.7 Å². The number of rotatable bonds is 7. The Balaban J connectivity index is 1.58. The first-order valence-electron chi connectivity index (χ1n) is 11.8. The lowest BCUT2D eigenvalue weighted by Crippen LogP contribution is -2.42. The van der Waals surface area contributed by atoms with Gasteiger partial charge in [-0.3, -0.25) is 9.59 Å². The van der Waals surface area contributed by atoms with Gasteiger partial charge in [-0.2, -0.15) is 0 Å². The number of methoxy groups -OCH3 is 2. The summed E-state index contributed by atoms with van der Waals surface area (Å²) in [5.41, 5.74) is 2.41. The highest BCUT2D eigenvalue weighted by Gasteiger charge is 2.33. The smallest absolute Gasteiger partial charge is 0.271 e. The molecule has 35 heavy (non-hydrogen) atoms. The van der Waals surface area contributed by atoms with Gasteiger partial charge in [0.2, 0.25) is 5.91 Å². The molecule has 4 rings (SSSR count). The summed E-state index contributed by atoms with van der Waals surface area (Å²) in [7, 11) is 5.08. The molecule has 1 atom stereocenters. The van der Waals surface area contributed by atoms with Crippen molar-refractivity contribution in [2.75, 3.05) is 33.9 Å². The number of para-hydroxylation sites is 1. The van der Waals surface area contributed by atoms with Crippen molar-refractivity contribution in [1.82, 2.24) is 14.4 Å². The van der Waals surface area contributed by atoms with E-state index in [0.29, 0.717) is 36.9 Å². The molecule has 8 heteroatoms. The number of fused-ring (bicyclic) bond motifs is 1.